The number of thioether (sulfide) groups is 1. The molecule has 2 bridgehead atoms. The van der Waals surface area contributed by atoms with E-state index in [0.29, 0.717) is 10.8 Å². The van der Waals surface area contributed by atoms with Crippen LogP contribution in [0.1, 0.15) is 65.7 Å². The van der Waals surface area contributed by atoms with E-state index in [1.807, 2.05) is 0 Å². The Morgan fingerprint density at radius 2 is 1.89 bits per heavy atom. The minimum absolute atomic E-state index is 0.513. The van der Waals surface area contributed by atoms with E-state index in [1.54, 1.807) is 0 Å². The molecule has 1 N–H and O–H groups in total. The molecule has 3 rings (SSSR count). The summed E-state index contributed by atoms with van der Waals surface area (Å²) in [7, 11) is 0. The summed E-state index contributed by atoms with van der Waals surface area (Å²) in [6.45, 7) is 7.59. The molecule has 110 valence electrons. The molecule has 19 heavy (non-hydrogen) atoms. The lowest BCUT2D eigenvalue weighted by molar-refractivity contribution is 0.0929. The van der Waals surface area contributed by atoms with Gasteiger partial charge in [-0.1, -0.05) is 27.2 Å². The summed E-state index contributed by atoms with van der Waals surface area (Å²) in [5.41, 5.74) is 1.10. The smallest absolute Gasteiger partial charge is 0.0177 e. The molecule has 1 nitrogen and oxygen atoms in total. The van der Waals surface area contributed by atoms with Crippen LogP contribution in [0.5, 0.6) is 0 Å². The van der Waals surface area contributed by atoms with Crippen molar-refractivity contribution in [3.8, 4) is 0 Å². The van der Waals surface area contributed by atoms with Gasteiger partial charge >= 0.3 is 0 Å². The monoisotopic (exact) mass is 281 g/mol. The van der Waals surface area contributed by atoms with Crippen LogP contribution >= 0.6 is 11.8 Å². The molecule has 3 fully saturated rings. The quantitative estimate of drug-likeness (QED) is 0.819. The second-order valence-electron chi connectivity index (χ2n) is 8.24. The van der Waals surface area contributed by atoms with Crippen molar-refractivity contribution in [3.63, 3.8) is 0 Å². The lowest BCUT2D eigenvalue weighted by Crippen LogP contribution is -2.54. The number of nitrogens with one attached hydrogen (secondary N) is 1. The first-order valence-corrected chi connectivity index (χ1v) is 9.53. The normalized spacial score (nSPS) is 48.6. The van der Waals surface area contributed by atoms with Gasteiger partial charge in [0.15, 0.2) is 0 Å². The van der Waals surface area contributed by atoms with Crippen LogP contribution in [-0.4, -0.2) is 23.6 Å². The Hall–Kier alpha value is 0.310. The van der Waals surface area contributed by atoms with Gasteiger partial charge in [-0.15, -0.1) is 0 Å². The van der Waals surface area contributed by atoms with Crippen LogP contribution in [0.4, 0.5) is 0 Å². The predicted molar refractivity (Wildman–Crippen MR) is 85.7 cm³/mol. The molecule has 0 aromatic carbocycles. The van der Waals surface area contributed by atoms with Gasteiger partial charge in [0.1, 0.15) is 0 Å². The van der Waals surface area contributed by atoms with E-state index >= 15 is 0 Å². The van der Waals surface area contributed by atoms with Crippen molar-refractivity contribution in [1.29, 1.82) is 0 Å². The Labute approximate surface area is 123 Å². The fourth-order valence-electron chi connectivity index (χ4n) is 5.46. The predicted octanol–water partition coefficient (Wildman–Crippen LogP) is 4.47. The Balaban J connectivity index is 1.69. The molecule has 0 aromatic rings. The Kier molecular flexibility index (Phi) is 3.71. The molecule has 0 heterocycles. The standard InChI is InChI=1S/C17H31NS/c1-16(2)12-8-9-17(3,11-12)15(16)18-13-6-5-7-14(10-13)19-4/h12-15,18H,5-11H2,1-4H3. The van der Waals surface area contributed by atoms with Crippen LogP contribution < -0.4 is 5.32 Å². The Morgan fingerprint density at radius 3 is 2.53 bits per heavy atom. The fraction of sp³-hybridized carbons (Fsp3) is 1.00. The number of fused-ring (bicyclic) bond motifs is 2. The molecular weight excluding hydrogens is 250 g/mol. The third kappa shape index (κ3) is 2.37. The summed E-state index contributed by atoms with van der Waals surface area (Å²) in [5.74, 6) is 0.968. The molecule has 0 aromatic heterocycles. The Bertz CT molecular complexity index is 335. The second-order valence-corrected chi connectivity index (χ2v) is 9.37. The van der Waals surface area contributed by atoms with Crippen LogP contribution in [0.15, 0.2) is 0 Å². The van der Waals surface area contributed by atoms with Gasteiger partial charge in [-0.3, -0.25) is 0 Å². The maximum atomic E-state index is 4.13. The summed E-state index contributed by atoms with van der Waals surface area (Å²) in [6.07, 6.45) is 12.4. The number of hydrogen-bond donors (Lipinski definition) is 1. The summed E-state index contributed by atoms with van der Waals surface area (Å²) in [5, 5.41) is 5.03. The third-order valence-electron chi connectivity index (χ3n) is 6.63. The van der Waals surface area contributed by atoms with Gasteiger partial charge < -0.3 is 5.32 Å². The van der Waals surface area contributed by atoms with Crippen molar-refractivity contribution in [1.82, 2.24) is 5.32 Å². The van der Waals surface area contributed by atoms with E-state index in [1.165, 1.54) is 44.9 Å². The van der Waals surface area contributed by atoms with Crippen molar-refractivity contribution in [3.05, 3.63) is 0 Å². The third-order valence-corrected chi connectivity index (χ3v) is 7.73. The van der Waals surface area contributed by atoms with Crippen LogP contribution in [0.2, 0.25) is 0 Å². The van der Waals surface area contributed by atoms with E-state index in [2.05, 4.69) is 44.1 Å². The first-order chi connectivity index (χ1) is 8.95. The molecular formula is C17H31NS. The Morgan fingerprint density at radius 1 is 1.11 bits per heavy atom. The van der Waals surface area contributed by atoms with E-state index < -0.39 is 0 Å². The zero-order valence-electron chi connectivity index (χ0n) is 13.2. The largest absolute Gasteiger partial charge is 0.310 e. The molecule has 0 saturated heterocycles. The van der Waals surface area contributed by atoms with Crippen LogP contribution in [0.3, 0.4) is 0 Å². The molecule has 5 atom stereocenters. The lowest BCUT2D eigenvalue weighted by atomic mass is 9.68. The highest BCUT2D eigenvalue weighted by Gasteiger charge is 2.59. The minimum Gasteiger partial charge on any atom is -0.310 e. The highest BCUT2D eigenvalue weighted by molar-refractivity contribution is 7.99. The average molecular weight is 282 g/mol. The average Bonchev–Trinajstić information content (AvgIpc) is 2.86. The zero-order valence-corrected chi connectivity index (χ0v) is 14.0. The molecule has 3 aliphatic carbocycles. The summed E-state index contributed by atoms with van der Waals surface area (Å²) in [4.78, 5) is 0. The summed E-state index contributed by atoms with van der Waals surface area (Å²) in [6, 6.07) is 1.54. The van der Waals surface area contributed by atoms with Gasteiger partial charge in [-0.25, -0.2) is 0 Å². The van der Waals surface area contributed by atoms with E-state index in [-0.39, 0.29) is 0 Å². The van der Waals surface area contributed by atoms with Gasteiger partial charge in [0.2, 0.25) is 0 Å². The number of hydrogen-bond acceptors (Lipinski definition) is 2. The zero-order chi connectivity index (χ0) is 13.7. The highest BCUT2D eigenvalue weighted by Crippen LogP contribution is 2.62. The molecule has 2 heteroatoms. The maximum Gasteiger partial charge on any atom is 0.0177 e. The fourth-order valence-corrected chi connectivity index (χ4v) is 6.29. The summed E-state index contributed by atoms with van der Waals surface area (Å²) < 4.78 is 0. The van der Waals surface area contributed by atoms with Crippen LogP contribution in [0, 0.1) is 16.7 Å². The van der Waals surface area contributed by atoms with Crippen molar-refractivity contribution in [2.45, 2.75) is 83.1 Å². The van der Waals surface area contributed by atoms with Gasteiger partial charge in [0.25, 0.3) is 0 Å². The van der Waals surface area contributed by atoms with Crippen molar-refractivity contribution < 1.29 is 0 Å². The van der Waals surface area contributed by atoms with Crippen molar-refractivity contribution in [2.24, 2.45) is 16.7 Å². The number of rotatable bonds is 3. The SMILES string of the molecule is CSC1CCCC(NC2C3(C)CCC(C3)C2(C)C)C1. The van der Waals surface area contributed by atoms with Crippen LogP contribution in [-0.2, 0) is 0 Å². The molecule has 0 radical (unpaired) electrons. The van der Waals surface area contributed by atoms with Gasteiger partial charge in [-0.2, -0.15) is 11.8 Å². The molecule has 0 spiro atoms. The van der Waals surface area contributed by atoms with E-state index in [9.17, 15) is 0 Å². The first-order valence-electron chi connectivity index (χ1n) is 8.24. The topological polar surface area (TPSA) is 12.0 Å². The van der Waals surface area contributed by atoms with Crippen LogP contribution in [0.25, 0.3) is 0 Å². The van der Waals surface area contributed by atoms with Gasteiger partial charge in [0, 0.05) is 17.3 Å². The van der Waals surface area contributed by atoms with Crippen molar-refractivity contribution in [2.75, 3.05) is 6.26 Å². The molecule has 3 aliphatic rings. The molecule has 3 saturated carbocycles. The van der Waals surface area contributed by atoms with E-state index in [0.717, 1.165) is 23.3 Å². The second kappa shape index (κ2) is 4.94. The molecule has 0 aliphatic heterocycles. The van der Waals surface area contributed by atoms with Gasteiger partial charge in [-0.05, 0) is 61.5 Å². The minimum atomic E-state index is 0.513. The molecule has 0 amide bonds. The maximum absolute atomic E-state index is 4.13. The van der Waals surface area contributed by atoms with Gasteiger partial charge in [0.05, 0.1) is 0 Å². The first kappa shape index (κ1) is 14.3. The van der Waals surface area contributed by atoms with Crippen molar-refractivity contribution >= 4 is 11.8 Å². The lowest BCUT2D eigenvalue weighted by Gasteiger charge is -2.46. The van der Waals surface area contributed by atoms with E-state index in [4.69, 9.17) is 0 Å². The summed E-state index contributed by atoms with van der Waals surface area (Å²) >= 11 is 2.08. The molecule has 5 unspecified atom stereocenters. The highest BCUT2D eigenvalue weighted by atomic mass is 32.2.